The lowest BCUT2D eigenvalue weighted by Gasteiger charge is -2.32. The number of carbonyl (C=O) groups is 2. The topological polar surface area (TPSA) is 86.8 Å². The minimum atomic E-state index is -4.84. The summed E-state index contributed by atoms with van der Waals surface area (Å²) >= 11 is 11.6. The first-order chi connectivity index (χ1) is 17.0. The molecule has 0 aliphatic rings. The summed E-state index contributed by atoms with van der Waals surface area (Å²) < 4.78 is 65.9. The normalized spacial score (nSPS) is 13.5. The molecule has 0 spiro atoms. The summed E-state index contributed by atoms with van der Waals surface area (Å²) in [5.74, 6) is -1.26. The smallest absolute Gasteiger partial charge is 0.352 e. The Morgan fingerprint density at radius 1 is 1.05 bits per heavy atom. The first-order valence-corrected chi connectivity index (χ1v) is 13.8. The van der Waals surface area contributed by atoms with E-state index in [1.54, 1.807) is 31.2 Å². The van der Waals surface area contributed by atoms with Crippen LogP contribution in [-0.4, -0.2) is 50.0 Å². The van der Waals surface area contributed by atoms with Crippen LogP contribution in [0.5, 0.6) is 0 Å². The second-order valence-corrected chi connectivity index (χ2v) is 11.3. The fourth-order valence-electron chi connectivity index (χ4n) is 3.33. The number of hydrogen-bond acceptors (Lipinski definition) is 4. The second-order valence-electron chi connectivity index (χ2n) is 8.57. The van der Waals surface area contributed by atoms with Crippen LogP contribution in [0.15, 0.2) is 42.5 Å². The van der Waals surface area contributed by atoms with Gasteiger partial charge in [0.15, 0.2) is 0 Å². The van der Waals surface area contributed by atoms with E-state index in [9.17, 15) is 31.2 Å². The molecule has 0 unspecified atom stereocenters. The predicted molar refractivity (Wildman–Crippen MR) is 138 cm³/mol. The molecule has 0 saturated carbocycles. The number of nitrogens with one attached hydrogen (secondary N) is 1. The van der Waals surface area contributed by atoms with Crippen LogP contribution >= 0.6 is 23.2 Å². The Hall–Kier alpha value is -2.50. The molecule has 2 aromatic rings. The summed E-state index contributed by atoms with van der Waals surface area (Å²) in [5.41, 5.74) is -1.03. The molecule has 0 heterocycles. The van der Waals surface area contributed by atoms with Crippen LogP contribution in [-0.2, 0) is 32.3 Å². The Morgan fingerprint density at radius 3 is 2.16 bits per heavy atom. The van der Waals surface area contributed by atoms with Gasteiger partial charge in [-0.3, -0.25) is 13.9 Å². The highest BCUT2D eigenvalue weighted by Gasteiger charge is 2.35. The molecule has 2 amide bonds. The van der Waals surface area contributed by atoms with Gasteiger partial charge in [-0.05, 0) is 56.2 Å². The lowest BCUT2D eigenvalue weighted by molar-refractivity contribution is -0.139. The Kier molecular flexibility index (Phi) is 10.3. The number of rotatable bonds is 10. The zero-order chi connectivity index (χ0) is 28.1. The summed E-state index contributed by atoms with van der Waals surface area (Å²) in [6.45, 7) is 4.24. The van der Waals surface area contributed by atoms with Gasteiger partial charge in [-0.25, -0.2) is 8.42 Å². The van der Waals surface area contributed by atoms with Gasteiger partial charge < -0.3 is 10.2 Å². The van der Waals surface area contributed by atoms with Crippen molar-refractivity contribution in [2.75, 3.05) is 17.1 Å². The van der Waals surface area contributed by atoms with Gasteiger partial charge in [-0.2, -0.15) is 13.2 Å². The average molecular weight is 582 g/mol. The van der Waals surface area contributed by atoms with Crippen molar-refractivity contribution in [1.29, 1.82) is 0 Å². The zero-order valence-corrected chi connectivity index (χ0v) is 23.0. The number of halogens is 5. The van der Waals surface area contributed by atoms with Crippen LogP contribution in [0.25, 0.3) is 0 Å². The number of amides is 2. The quantitative estimate of drug-likeness (QED) is 0.422. The molecule has 7 nitrogen and oxygen atoms in total. The minimum Gasteiger partial charge on any atom is -0.352 e. The lowest BCUT2D eigenvalue weighted by atomic mass is 10.1. The van der Waals surface area contributed by atoms with Gasteiger partial charge in [-0.15, -0.1) is 0 Å². The van der Waals surface area contributed by atoms with Crippen molar-refractivity contribution < 1.29 is 31.2 Å². The van der Waals surface area contributed by atoms with Gasteiger partial charge in [0, 0.05) is 17.6 Å². The van der Waals surface area contributed by atoms with Crippen LogP contribution < -0.4 is 9.62 Å². The first-order valence-electron chi connectivity index (χ1n) is 11.2. The number of nitrogens with zero attached hydrogens (tertiary/aromatic N) is 2. The van der Waals surface area contributed by atoms with Crippen LogP contribution in [0.4, 0.5) is 18.9 Å². The summed E-state index contributed by atoms with van der Waals surface area (Å²) in [5, 5.41) is 2.62. The van der Waals surface area contributed by atoms with Gasteiger partial charge >= 0.3 is 6.18 Å². The third kappa shape index (κ3) is 8.51. The zero-order valence-electron chi connectivity index (χ0n) is 20.6. The standard InChI is InChI=1S/C24H28Cl2F3N3O4S/c1-5-15(2)30-23(34)16(3)31(13-17-6-8-18(25)9-7-17)22(33)14-32(37(4,35)36)19-10-11-21(26)20(12-19)24(27,28)29/h6-12,15-16H,5,13-14H2,1-4H3,(H,30,34)/t15-,16+/m0/s1. The Bertz CT molecular complexity index is 1220. The van der Waals surface area contributed by atoms with Gasteiger partial charge in [0.25, 0.3) is 0 Å². The molecule has 0 saturated heterocycles. The van der Waals surface area contributed by atoms with Crippen LogP contribution in [0.1, 0.15) is 38.3 Å². The monoisotopic (exact) mass is 581 g/mol. The van der Waals surface area contributed by atoms with Crippen molar-refractivity contribution in [2.24, 2.45) is 0 Å². The number of benzene rings is 2. The maximum Gasteiger partial charge on any atom is 0.417 e. The fourth-order valence-corrected chi connectivity index (χ4v) is 4.53. The number of alkyl halides is 3. The third-order valence-electron chi connectivity index (χ3n) is 5.66. The second kappa shape index (κ2) is 12.4. The SMILES string of the molecule is CC[C@H](C)NC(=O)[C@@H](C)N(Cc1ccc(Cl)cc1)C(=O)CN(c1ccc(Cl)c(C(F)(F)F)c1)S(C)(=O)=O. The first kappa shape index (κ1) is 30.7. The maximum absolute atomic E-state index is 13.5. The van der Waals surface area contributed by atoms with E-state index >= 15 is 0 Å². The van der Waals surface area contributed by atoms with Crippen molar-refractivity contribution in [3.63, 3.8) is 0 Å². The van der Waals surface area contributed by atoms with E-state index in [4.69, 9.17) is 23.2 Å². The molecular weight excluding hydrogens is 554 g/mol. The molecule has 2 atom stereocenters. The molecule has 0 radical (unpaired) electrons. The van der Waals surface area contributed by atoms with E-state index in [0.717, 1.165) is 18.4 Å². The van der Waals surface area contributed by atoms with E-state index in [1.807, 2.05) is 6.92 Å². The highest BCUT2D eigenvalue weighted by molar-refractivity contribution is 7.92. The van der Waals surface area contributed by atoms with E-state index in [0.29, 0.717) is 27.4 Å². The summed E-state index contributed by atoms with van der Waals surface area (Å²) in [4.78, 5) is 27.5. The molecule has 13 heteroatoms. The fraction of sp³-hybridized carbons (Fsp3) is 0.417. The molecule has 0 aliphatic heterocycles. The molecule has 0 bridgehead atoms. The lowest BCUT2D eigenvalue weighted by Crippen LogP contribution is -2.52. The van der Waals surface area contributed by atoms with Gasteiger partial charge in [0.2, 0.25) is 21.8 Å². The van der Waals surface area contributed by atoms with Gasteiger partial charge in [0.1, 0.15) is 12.6 Å². The highest BCUT2D eigenvalue weighted by Crippen LogP contribution is 2.37. The van der Waals surface area contributed by atoms with Crippen molar-refractivity contribution in [3.8, 4) is 0 Å². The molecule has 0 aromatic heterocycles. The van der Waals surface area contributed by atoms with Gasteiger partial charge in [-0.1, -0.05) is 42.3 Å². The van der Waals surface area contributed by atoms with Crippen LogP contribution in [0.3, 0.4) is 0 Å². The molecule has 1 N–H and O–H groups in total. The van der Waals surface area contributed by atoms with E-state index in [-0.39, 0.29) is 12.6 Å². The molecule has 0 fully saturated rings. The Morgan fingerprint density at radius 2 is 1.65 bits per heavy atom. The minimum absolute atomic E-state index is 0.0723. The Balaban J connectivity index is 2.47. The van der Waals surface area contributed by atoms with Crippen LogP contribution in [0.2, 0.25) is 10.0 Å². The predicted octanol–water partition coefficient (Wildman–Crippen LogP) is 5.11. The van der Waals surface area contributed by atoms with Crippen LogP contribution in [0, 0.1) is 0 Å². The maximum atomic E-state index is 13.5. The molecule has 2 aromatic carbocycles. The molecule has 37 heavy (non-hydrogen) atoms. The van der Waals surface area contributed by atoms with E-state index in [1.165, 1.54) is 11.8 Å². The number of anilines is 1. The molecule has 0 aliphatic carbocycles. The Labute approximate surface area is 224 Å². The summed E-state index contributed by atoms with van der Waals surface area (Å²) in [6, 6.07) is 7.84. The van der Waals surface area contributed by atoms with Crippen molar-refractivity contribution in [2.45, 2.75) is 52.0 Å². The summed E-state index contributed by atoms with van der Waals surface area (Å²) in [6.07, 6.45) is -3.43. The van der Waals surface area contributed by atoms with Crippen molar-refractivity contribution >= 4 is 50.7 Å². The molecular formula is C24H28Cl2F3N3O4S. The van der Waals surface area contributed by atoms with Gasteiger partial charge in [0.05, 0.1) is 22.5 Å². The number of carbonyl (C=O) groups excluding carboxylic acids is 2. The number of hydrogen-bond donors (Lipinski definition) is 1. The average Bonchev–Trinajstić information content (AvgIpc) is 2.80. The largest absolute Gasteiger partial charge is 0.417 e. The molecule has 204 valence electrons. The highest BCUT2D eigenvalue weighted by atomic mass is 35.5. The van der Waals surface area contributed by atoms with Crippen molar-refractivity contribution in [1.82, 2.24) is 10.2 Å². The molecule has 2 rings (SSSR count). The van der Waals surface area contributed by atoms with E-state index in [2.05, 4.69) is 5.32 Å². The van der Waals surface area contributed by atoms with Crippen molar-refractivity contribution in [3.05, 3.63) is 63.6 Å². The third-order valence-corrected chi connectivity index (χ3v) is 7.38. The van der Waals surface area contributed by atoms with E-state index < -0.39 is 56.9 Å². The number of sulfonamides is 1. The summed E-state index contributed by atoms with van der Waals surface area (Å²) in [7, 11) is -4.21.